The Morgan fingerprint density at radius 3 is 2.52 bits per heavy atom. The van der Waals surface area contributed by atoms with E-state index in [4.69, 9.17) is 0 Å². The lowest BCUT2D eigenvalue weighted by atomic mass is 10.0. The summed E-state index contributed by atoms with van der Waals surface area (Å²) < 4.78 is 27.7. The molecule has 2 aromatic rings. The zero-order valence-electron chi connectivity index (χ0n) is 13.0. The predicted octanol–water partition coefficient (Wildman–Crippen LogP) is 2.13. The van der Waals surface area contributed by atoms with Gasteiger partial charge in [-0.25, -0.2) is 8.42 Å². The van der Waals surface area contributed by atoms with Gasteiger partial charge in [-0.3, -0.25) is 4.31 Å². The molecule has 0 saturated carbocycles. The lowest BCUT2D eigenvalue weighted by molar-refractivity contribution is 0.592. The van der Waals surface area contributed by atoms with E-state index in [0.717, 1.165) is 49.2 Å². The van der Waals surface area contributed by atoms with Gasteiger partial charge in [0.2, 0.25) is 0 Å². The van der Waals surface area contributed by atoms with Gasteiger partial charge >= 0.3 is 0 Å². The van der Waals surface area contributed by atoms with Crippen LogP contribution in [0.3, 0.4) is 0 Å². The van der Waals surface area contributed by atoms with E-state index in [9.17, 15) is 8.42 Å². The van der Waals surface area contributed by atoms with Gasteiger partial charge in [-0.2, -0.15) is 0 Å². The van der Waals surface area contributed by atoms with Crippen molar-refractivity contribution in [1.82, 2.24) is 5.32 Å². The minimum atomic E-state index is -3.48. The van der Waals surface area contributed by atoms with Gasteiger partial charge in [-0.1, -0.05) is 24.3 Å². The van der Waals surface area contributed by atoms with Crippen LogP contribution in [-0.2, 0) is 29.3 Å². The fraction of sp³-hybridized carbons (Fsp3) is 0.333. The van der Waals surface area contributed by atoms with Gasteiger partial charge in [0.15, 0.2) is 0 Å². The molecule has 0 spiro atoms. The lowest BCUT2D eigenvalue weighted by Crippen LogP contribution is -2.29. The zero-order valence-corrected chi connectivity index (χ0v) is 13.8. The van der Waals surface area contributed by atoms with Crippen molar-refractivity contribution in [3.63, 3.8) is 0 Å². The molecule has 0 aliphatic carbocycles. The average molecular weight is 328 g/mol. The third-order valence-electron chi connectivity index (χ3n) is 4.75. The molecule has 0 bridgehead atoms. The van der Waals surface area contributed by atoms with Crippen molar-refractivity contribution in [2.75, 3.05) is 23.9 Å². The van der Waals surface area contributed by atoms with Crippen molar-refractivity contribution in [2.24, 2.45) is 0 Å². The maximum absolute atomic E-state index is 13.1. The first-order valence-electron chi connectivity index (χ1n) is 8.09. The largest absolute Gasteiger partial charge is 0.316 e. The highest BCUT2D eigenvalue weighted by Gasteiger charge is 2.30. The first kappa shape index (κ1) is 14.7. The topological polar surface area (TPSA) is 49.4 Å². The minimum Gasteiger partial charge on any atom is -0.316 e. The van der Waals surface area contributed by atoms with Gasteiger partial charge in [0.1, 0.15) is 0 Å². The minimum absolute atomic E-state index is 0.412. The molecule has 23 heavy (non-hydrogen) atoms. The Balaban J connectivity index is 1.74. The molecule has 0 amide bonds. The summed E-state index contributed by atoms with van der Waals surface area (Å²) in [4.78, 5) is 0.412. The smallest absolute Gasteiger partial charge is 0.264 e. The number of sulfonamides is 1. The van der Waals surface area contributed by atoms with Crippen LogP contribution < -0.4 is 9.62 Å². The van der Waals surface area contributed by atoms with Gasteiger partial charge in [0, 0.05) is 6.54 Å². The fourth-order valence-corrected chi connectivity index (χ4v) is 5.05. The van der Waals surface area contributed by atoms with E-state index in [-0.39, 0.29) is 0 Å². The van der Waals surface area contributed by atoms with E-state index in [1.807, 2.05) is 36.4 Å². The monoisotopic (exact) mass is 328 g/mol. The molecule has 0 aromatic heterocycles. The number of benzene rings is 2. The van der Waals surface area contributed by atoms with Crippen LogP contribution >= 0.6 is 0 Å². The van der Waals surface area contributed by atoms with Crippen LogP contribution in [0.2, 0.25) is 0 Å². The summed E-state index contributed by atoms with van der Waals surface area (Å²) >= 11 is 0. The number of para-hydroxylation sites is 1. The Labute approximate surface area is 137 Å². The number of nitrogens with zero attached hydrogens (tertiary/aromatic N) is 1. The van der Waals surface area contributed by atoms with Crippen molar-refractivity contribution in [3.05, 3.63) is 59.2 Å². The summed E-state index contributed by atoms with van der Waals surface area (Å²) in [6.45, 7) is 2.39. The summed E-state index contributed by atoms with van der Waals surface area (Å²) in [5.74, 6) is 0. The first-order valence-corrected chi connectivity index (χ1v) is 9.53. The second-order valence-corrected chi connectivity index (χ2v) is 8.00. The molecule has 0 fully saturated rings. The Morgan fingerprint density at radius 2 is 1.65 bits per heavy atom. The van der Waals surface area contributed by atoms with E-state index in [0.29, 0.717) is 11.4 Å². The molecular formula is C18H20N2O2S. The maximum atomic E-state index is 13.1. The molecule has 120 valence electrons. The Kier molecular flexibility index (Phi) is 3.62. The van der Waals surface area contributed by atoms with Gasteiger partial charge < -0.3 is 5.32 Å². The molecule has 2 aliphatic rings. The zero-order chi connectivity index (χ0) is 15.9. The Hall–Kier alpha value is -1.85. The van der Waals surface area contributed by atoms with E-state index in [2.05, 4.69) is 5.32 Å². The van der Waals surface area contributed by atoms with Crippen LogP contribution in [0.1, 0.15) is 16.7 Å². The quantitative estimate of drug-likeness (QED) is 0.919. The third kappa shape index (κ3) is 2.54. The Bertz CT molecular complexity index is 846. The van der Waals surface area contributed by atoms with Crippen LogP contribution in [0.25, 0.3) is 0 Å². The summed E-state index contributed by atoms with van der Waals surface area (Å²) in [5, 5.41) is 3.36. The summed E-state index contributed by atoms with van der Waals surface area (Å²) in [7, 11) is -3.48. The average Bonchev–Trinajstić information content (AvgIpc) is 2.86. The summed E-state index contributed by atoms with van der Waals surface area (Å²) in [6, 6.07) is 13.4. The number of anilines is 1. The highest BCUT2D eigenvalue weighted by atomic mass is 32.2. The summed E-state index contributed by atoms with van der Waals surface area (Å²) in [6.07, 6.45) is 2.63. The molecule has 0 saturated heterocycles. The van der Waals surface area contributed by atoms with Gasteiger partial charge in [0.05, 0.1) is 10.6 Å². The molecule has 2 aromatic carbocycles. The molecule has 0 atom stereocenters. The van der Waals surface area contributed by atoms with Crippen LogP contribution in [0.4, 0.5) is 5.69 Å². The molecule has 4 nitrogen and oxygen atoms in total. The number of rotatable bonds is 2. The van der Waals surface area contributed by atoms with Crippen molar-refractivity contribution in [1.29, 1.82) is 0 Å². The molecule has 2 aliphatic heterocycles. The SMILES string of the molecule is O=S(=O)(c1ccc2c(c1)CCNCC2)N1CCc2ccccc21. The molecule has 5 heteroatoms. The normalized spacial score (nSPS) is 17.5. The predicted molar refractivity (Wildman–Crippen MR) is 91.4 cm³/mol. The number of hydrogen-bond donors (Lipinski definition) is 1. The lowest BCUT2D eigenvalue weighted by Gasteiger charge is -2.20. The van der Waals surface area contributed by atoms with Crippen LogP contribution in [0, 0.1) is 0 Å². The third-order valence-corrected chi connectivity index (χ3v) is 6.56. The second kappa shape index (κ2) is 5.65. The number of nitrogens with one attached hydrogen (secondary N) is 1. The second-order valence-electron chi connectivity index (χ2n) is 6.14. The Morgan fingerprint density at radius 1 is 0.870 bits per heavy atom. The van der Waals surface area contributed by atoms with Gasteiger partial charge in [-0.15, -0.1) is 0 Å². The van der Waals surface area contributed by atoms with Crippen LogP contribution in [0.15, 0.2) is 47.4 Å². The van der Waals surface area contributed by atoms with Crippen molar-refractivity contribution in [2.45, 2.75) is 24.2 Å². The van der Waals surface area contributed by atoms with Crippen molar-refractivity contribution in [3.8, 4) is 0 Å². The highest BCUT2D eigenvalue weighted by Crippen LogP contribution is 2.33. The van der Waals surface area contributed by atoms with Crippen LogP contribution in [0.5, 0.6) is 0 Å². The molecule has 1 N–H and O–H groups in total. The van der Waals surface area contributed by atoms with E-state index >= 15 is 0 Å². The standard InChI is InChI=1S/C18H20N2O2S/c21-23(22,20-12-9-15-3-1-2-4-18(15)20)17-6-5-14-7-10-19-11-8-16(14)13-17/h1-6,13,19H,7-12H2. The van der Waals surface area contributed by atoms with E-state index in [1.54, 1.807) is 10.4 Å². The van der Waals surface area contributed by atoms with Gasteiger partial charge in [-0.05, 0) is 67.2 Å². The van der Waals surface area contributed by atoms with Crippen molar-refractivity contribution >= 4 is 15.7 Å². The van der Waals surface area contributed by atoms with E-state index in [1.165, 1.54) is 5.56 Å². The first-order chi connectivity index (χ1) is 11.2. The van der Waals surface area contributed by atoms with Gasteiger partial charge in [0.25, 0.3) is 10.0 Å². The molecule has 2 heterocycles. The molecule has 0 unspecified atom stereocenters. The molecule has 0 radical (unpaired) electrons. The molecule has 4 rings (SSSR count). The maximum Gasteiger partial charge on any atom is 0.264 e. The van der Waals surface area contributed by atoms with Crippen LogP contribution in [-0.4, -0.2) is 28.1 Å². The fourth-order valence-electron chi connectivity index (χ4n) is 3.50. The highest BCUT2D eigenvalue weighted by molar-refractivity contribution is 7.92. The number of fused-ring (bicyclic) bond motifs is 2. The number of hydrogen-bond acceptors (Lipinski definition) is 3. The van der Waals surface area contributed by atoms with E-state index < -0.39 is 10.0 Å². The molecular weight excluding hydrogens is 308 g/mol. The summed E-state index contributed by atoms with van der Waals surface area (Å²) in [5.41, 5.74) is 4.35. The van der Waals surface area contributed by atoms with Crippen molar-refractivity contribution < 1.29 is 8.42 Å².